The number of ketones is 2. The monoisotopic (exact) mass is 578 g/mol. The summed E-state index contributed by atoms with van der Waals surface area (Å²) in [5, 5.41) is 2.62. The Hall–Kier alpha value is -4.58. The van der Waals surface area contributed by atoms with Gasteiger partial charge in [-0.2, -0.15) is 0 Å². The van der Waals surface area contributed by atoms with Gasteiger partial charge < -0.3 is 19.1 Å². The number of methoxy groups -OCH3 is 2. The summed E-state index contributed by atoms with van der Waals surface area (Å²) in [6.07, 6.45) is 0. The van der Waals surface area contributed by atoms with Gasteiger partial charge in [-0.25, -0.2) is 0 Å². The Morgan fingerprint density at radius 1 is 0.381 bits per heavy atom. The molecular weight excluding hydrogens is 528 g/mol. The molecule has 230 valence electrons. The molecule has 4 aromatic carbocycles. The lowest BCUT2D eigenvalue weighted by Crippen LogP contribution is -1.88. The first-order valence-corrected chi connectivity index (χ1v) is 13.4. The van der Waals surface area contributed by atoms with Gasteiger partial charge in [0, 0.05) is 13.8 Å². The Bertz CT molecular complexity index is 959. The Labute approximate surface area is 253 Å². The molecule has 0 amide bonds. The van der Waals surface area contributed by atoms with Gasteiger partial charge in [0.15, 0.2) is 0 Å². The van der Waals surface area contributed by atoms with Crippen LogP contribution in [0.2, 0.25) is 0 Å². The van der Waals surface area contributed by atoms with Gasteiger partial charge in [-0.15, -0.1) is 0 Å². The second-order valence-corrected chi connectivity index (χ2v) is 7.86. The molecule has 0 radical (unpaired) electrons. The molecule has 0 bridgehead atoms. The average Bonchev–Trinajstić information content (AvgIpc) is 3.00. The van der Waals surface area contributed by atoms with Crippen LogP contribution in [0, 0.1) is 0 Å². The average molecular weight is 579 g/mol. The minimum absolute atomic E-state index is 0.167. The highest BCUT2D eigenvalue weighted by atomic mass is 16.5. The quantitative estimate of drug-likeness (QED) is 0.194. The molecule has 0 aliphatic rings. The van der Waals surface area contributed by atoms with Crippen molar-refractivity contribution in [1.82, 2.24) is 0 Å². The van der Waals surface area contributed by atoms with Crippen LogP contribution in [0.1, 0.15) is 55.4 Å². The molecule has 0 spiro atoms. The molecule has 6 heteroatoms. The predicted octanol–water partition coefficient (Wildman–Crippen LogP) is 8.79. The van der Waals surface area contributed by atoms with Crippen molar-refractivity contribution in [3.63, 3.8) is 0 Å². The first-order valence-electron chi connectivity index (χ1n) is 13.4. The lowest BCUT2D eigenvalue weighted by atomic mass is 10.1. The van der Waals surface area contributed by atoms with E-state index in [1.165, 1.54) is 66.5 Å². The van der Waals surface area contributed by atoms with E-state index in [9.17, 15) is 19.2 Å². The molecule has 0 aliphatic carbocycles. The van der Waals surface area contributed by atoms with Gasteiger partial charge in [0.1, 0.15) is 11.6 Å². The highest BCUT2D eigenvalue weighted by Crippen LogP contribution is 2.11. The number of carbonyl (C=O) groups is 4. The van der Waals surface area contributed by atoms with Crippen molar-refractivity contribution in [2.45, 2.75) is 55.4 Å². The van der Waals surface area contributed by atoms with Crippen molar-refractivity contribution in [2.75, 3.05) is 14.2 Å². The zero-order valence-electron chi connectivity index (χ0n) is 27.0. The van der Waals surface area contributed by atoms with E-state index >= 15 is 0 Å². The molecule has 4 aromatic rings. The van der Waals surface area contributed by atoms with Crippen LogP contribution in [0.25, 0.3) is 10.8 Å². The third kappa shape index (κ3) is 48.5. The van der Waals surface area contributed by atoms with Crippen molar-refractivity contribution in [3.05, 3.63) is 121 Å². The van der Waals surface area contributed by atoms with Crippen molar-refractivity contribution in [3.8, 4) is 0 Å². The first kappa shape index (κ1) is 44.4. The van der Waals surface area contributed by atoms with Crippen LogP contribution in [0.5, 0.6) is 0 Å². The van der Waals surface area contributed by atoms with Crippen LogP contribution < -0.4 is 0 Å². The summed E-state index contributed by atoms with van der Waals surface area (Å²) in [7, 11) is 2.70. The second-order valence-electron chi connectivity index (χ2n) is 7.86. The van der Waals surface area contributed by atoms with Gasteiger partial charge in [-0.3, -0.25) is 9.59 Å². The van der Waals surface area contributed by atoms with Gasteiger partial charge in [-0.1, -0.05) is 135 Å². The third-order valence-electron chi connectivity index (χ3n) is 3.57. The third-order valence-corrected chi connectivity index (χ3v) is 3.57. The summed E-state index contributed by atoms with van der Waals surface area (Å²) in [6, 6.07) is 40.7. The number of carbonyl (C=O) groups excluding carboxylic acids is 4. The number of ether oxygens (including phenoxy) is 2. The topological polar surface area (TPSA) is 86.7 Å². The molecule has 0 aliphatic heterocycles. The van der Waals surface area contributed by atoms with Gasteiger partial charge in [0.05, 0.1) is 14.2 Å². The van der Waals surface area contributed by atoms with Crippen LogP contribution >= 0.6 is 0 Å². The van der Waals surface area contributed by atoms with E-state index in [0.717, 1.165) is 0 Å². The first-order chi connectivity index (χ1) is 20.0. The Balaban J connectivity index is -0.000000204. The van der Waals surface area contributed by atoms with E-state index < -0.39 is 0 Å². The van der Waals surface area contributed by atoms with Gasteiger partial charge >= 0.3 is 11.9 Å². The highest BCUT2D eigenvalue weighted by Gasteiger charge is 1.85. The fourth-order valence-electron chi connectivity index (χ4n) is 1.90. The maximum atomic E-state index is 9.59. The Kier molecular flexibility index (Phi) is 38.5. The van der Waals surface area contributed by atoms with Crippen LogP contribution in [-0.2, 0) is 28.7 Å². The molecule has 0 fully saturated rings. The number of rotatable bonds is 0. The van der Waals surface area contributed by atoms with Crippen molar-refractivity contribution in [2.24, 2.45) is 0 Å². The molecule has 0 saturated carbocycles. The standard InChI is InChI=1S/C10H8.2C6H6.2C3H6O2.2C3H6O.C2H6/c1-2-6-10-8-4-3-7-9(10)5-1;2*1-2-4-6-5-3-1;2*1-3(4)5-2;2*1-3(2)4;1-2/h1-8H;2*1-6H;2*1-2H3;2*1-2H3;1-2H3. The van der Waals surface area contributed by atoms with Gasteiger partial charge in [0.2, 0.25) is 0 Å². The van der Waals surface area contributed by atoms with Crippen LogP contribution in [-0.4, -0.2) is 37.7 Å². The lowest BCUT2D eigenvalue weighted by molar-refractivity contribution is -0.138. The fourth-order valence-corrected chi connectivity index (χ4v) is 1.90. The van der Waals surface area contributed by atoms with E-state index in [4.69, 9.17) is 0 Å². The SMILES string of the molecule is CC.CC(C)=O.CC(C)=O.COC(C)=O.COC(C)=O.c1ccc2ccccc2c1.c1ccccc1.c1ccccc1. The molecule has 42 heavy (non-hydrogen) atoms. The summed E-state index contributed by atoms with van der Waals surface area (Å²) < 4.78 is 8.22. The summed E-state index contributed by atoms with van der Waals surface area (Å²) >= 11 is 0. The van der Waals surface area contributed by atoms with Crippen molar-refractivity contribution in [1.29, 1.82) is 0 Å². The molecule has 0 unspecified atom stereocenters. The molecule has 0 heterocycles. The number of benzene rings is 4. The number of esters is 2. The summed E-state index contributed by atoms with van der Waals surface area (Å²) in [5.74, 6) is -0.157. The summed E-state index contributed by atoms with van der Waals surface area (Å²) in [6.45, 7) is 12.8. The van der Waals surface area contributed by atoms with Gasteiger partial charge in [-0.05, 0) is 38.5 Å². The van der Waals surface area contributed by atoms with Crippen molar-refractivity contribution < 1.29 is 28.7 Å². The smallest absolute Gasteiger partial charge is 0.302 e. The van der Waals surface area contributed by atoms with Gasteiger partial charge in [0.25, 0.3) is 0 Å². The summed E-state index contributed by atoms with van der Waals surface area (Å²) in [5.41, 5.74) is 0. The predicted molar refractivity (Wildman–Crippen MR) is 176 cm³/mol. The minimum atomic E-state index is -0.245. The maximum Gasteiger partial charge on any atom is 0.302 e. The molecule has 4 rings (SSSR count). The number of hydrogen-bond donors (Lipinski definition) is 0. The molecule has 0 saturated heterocycles. The Morgan fingerprint density at radius 2 is 0.500 bits per heavy atom. The van der Waals surface area contributed by atoms with Crippen LogP contribution in [0.4, 0.5) is 0 Å². The van der Waals surface area contributed by atoms with Crippen molar-refractivity contribution >= 4 is 34.3 Å². The molecule has 0 N–H and O–H groups in total. The lowest BCUT2D eigenvalue weighted by Gasteiger charge is -1.92. The molecule has 0 atom stereocenters. The molecular formula is C36H50O6. The molecule has 6 nitrogen and oxygen atoms in total. The largest absolute Gasteiger partial charge is 0.469 e. The van der Waals surface area contributed by atoms with Crippen LogP contribution in [0.15, 0.2) is 121 Å². The van der Waals surface area contributed by atoms with Crippen LogP contribution in [0.3, 0.4) is 0 Å². The van der Waals surface area contributed by atoms with E-state index in [0.29, 0.717) is 0 Å². The second kappa shape index (κ2) is 36.4. The fraction of sp³-hybridized carbons (Fsp3) is 0.278. The van der Waals surface area contributed by atoms with E-state index in [1.807, 2.05) is 86.6 Å². The van der Waals surface area contributed by atoms with E-state index in [2.05, 4.69) is 58.0 Å². The summed E-state index contributed by atoms with van der Waals surface area (Å²) in [4.78, 5) is 38.1. The minimum Gasteiger partial charge on any atom is -0.469 e. The Morgan fingerprint density at radius 3 is 0.595 bits per heavy atom. The normalized spacial score (nSPS) is 7.67. The zero-order chi connectivity index (χ0) is 33.0. The maximum absolute atomic E-state index is 9.59. The number of Topliss-reactive ketones (excluding diaryl/α,β-unsaturated/α-hetero) is 2. The number of fused-ring (bicyclic) bond motifs is 1. The van der Waals surface area contributed by atoms with E-state index in [1.54, 1.807) is 0 Å². The molecule has 0 aromatic heterocycles. The zero-order valence-corrected chi connectivity index (χ0v) is 27.0. The number of hydrogen-bond acceptors (Lipinski definition) is 6. The van der Waals surface area contributed by atoms with E-state index in [-0.39, 0.29) is 23.5 Å². The highest BCUT2D eigenvalue weighted by molar-refractivity contribution is 5.82.